The molecule has 11 heteroatoms. The molecule has 2 aromatic rings. The van der Waals surface area contributed by atoms with Gasteiger partial charge in [-0.25, -0.2) is 4.99 Å². The summed E-state index contributed by atoms with van der Waals surface area (Å²) >= 11 is 5.84. The Morgan fingerprint density at radius 2 is 1.67 bits per heavy atom. The van der Waals surface area contributed by atoms with Gasteiger partial charge in [-0.15, -0.1) is 12.4 Å². The highest BCUT2D eigenvalue weighted by molar-refractivity contribution is 6.30. The number of guanidine groups is 2. The largest absolute Gasteiger partial charge is 0.494 e. The first-order valence-corrected chi connectivity index (χ1v) is 9.11. The molecule has 2 aromatic carbocycles. The number of alkyl halides is 3. The maximum absolute atomic E-state index is 12.8. The molecule has 1 heterocycles. The minimum atomic E-state index is -4.41. The fourth-order valence-corrected chi connectivity index (χ4v) is 2.95. The molecule has 4 N–H and O–H groups in total. The molecule has 1 atom stereocenters. The maximum atomic E-state index is 12.8. The van der Waals surface area contributed by atoms with Crippen molar-refractivity contribution in [2.75, 3.05) is 13.2 Å². The van der Waals surface area contributed by atoms with Gasteiger partial charge in [0.25, 0.3) is 0 Å². The Morgan fingerprint density at radius 3 is 2.27 bits per heavy atom. The highest BCUT2D eigenvalue weighted by atomic mass is 35.5. The first kappa shape index (κ1) is 23.6. The van der Waals surface area contributed by atoms with E-state index in [2.05, 4.69) is 9.98 Å². The summed E-state index contributed by atoms with van der Waals surface area (Å²) < 4.78 is 44.1. The lowest BCUT2D eigenvalue weighted by atomic mass is 10.1. The fraction of sp³-hybridized carbons (Fsp3) is 0.263. The van der Waals surface area contributed by atoms with E-state index >= 15 is 0 Å². The molecule has 0 saturated heterocycles. The van der Waals surface area contributed by atoms with E-state index in [1.54, 1.807) is 29.2 Å². The van der Waals surface area contributed by atoms with E-state index in [9.17, 15) is 13.2 Å². The molecule has 0 bridgehead atoms. The topological polar surface area (TPSA) is 89.2 Å². The number of nitrogens with zero attached hydrogens (tertiary/aromatic N) is 3. The zero-order chi connectivity index (χ0) is 21.0. The highest BCUT2D eigenvalue weighted by Gasteiger charge is 2.31. The Morgan fingerprint density at radius 1 is 1.03 bits per heavy atom. The molecule has 6 nitrogen and oxygen atoms in total. The van der Waals surface area contributed by atoms with Gasteiger partial charge in [0.05, 0.1) is 12.2 Å². The van der Waals surface area contributed by atoms with Crippen LogP contribution in [0.15, 0.2) is 58.5 Å². The third-order valence-electron chi connectivity index (χ3n) is 4.24. The van der Waals surface area contributed by atoms with E-state index in [0.29, 0.717) is 35.9 Å². The van der Waals surface area contributed by atoms with Crippen molar-refractivity contribution < 1.29 is 17.9 Å². The van der Waals surface area contributed by atoms with Crippen LogP contribution in [0.5, 0.6) is 5.75 Å². The van der Waals surface area contributed by atoms with Gasteiger partial charge in [0, 0.05) is 11.6 Å². The van der Waals surface area contributed by atoms with Crippen LogP contribution in [0.3, 0.4) is 0 Å². The second-order valence-corrected chi connectivity index (χ2v) is 6.74. The molecule has 0 aromatic heterocycles. The predicted molar refractivity (Wildman–Crippen MR) is 113 cm³/mol. The molecule has 0 aliphatic carbocycles. The van der Waals surface area contributed by atoms with Gasteiger partial charge in [0.1, 0.15) is 5.75 Å². The Bertz CT molecular complexity index is 902. The number of halogens is 5. The van der Waals surface area contributed by atoms with E-state index in [-0.39, 0.29) is 24.3 Å². The lowest BCUT2D eigenvalue weighted by Gasteiger charge is -2.32. The van der Waals surface area contributed by atoms with Gasteiger partial charge in [0.2, 0.25) is 11.9 Å². The van der Waals surface area contributed by atoms with E-state index < -0.39 is 17.9 Å². The molecule has 0 amide bonds. The molecule has 1 aliphatic rings. The normalized spacial score (nSPS) is 16.4. The van der Waals surface area contributed by atoms with Gasteiger partial charge >= 0.3 is 6.18 Å². The molecule has 0 radical (unpaired) electrons. The van der Waals surface area contributed by atoms with E-state index in [4.69, 9.17) is 27.8 Å². The summed E-state index contributed by atoms with van der Waals surface area (Å²) in [5.74, 6) is 0.797. The minimum Gasteiger partial charge on any atom is -0.494 e. The maximum Gasteiger partial charge on any atom is 0.416 e. The molecule has 1 unspecified atom stereocenters. The van der Waals surface area contributed by atoms with Crippen LogP contribution in [0.1, 0.15) is 23.7 Å². The van der Waals surface area contributed by atoms with Gasteiger partial charge < -0.3 is 21.1 Å². The smallest absolute Gasteiger partial charge is 0.416 e. The van der Waals surface area contributed by atoms with E-state index in [1.807, 2.05) is 0 Å². The van der Waals surface area contributed by atoms with Crippen LogP contribution in [-0.4, -0.2) is 30.0 Å². The van der Waals surface area contributed by atoms with Crippen LogP contribution < -0.4 is 16.2 Å². The van der Waals surface area contributed by atoms with Crippen LogP contribution >= 0.6 is 24.0 Å². The van der Waals surface area contributed by atoms with Gasteiger partial charge in [-0.1, -0.05) is 23.7 Å². The molecule has 0 fully saturated rings. The van der Waals surface area contributed by atoms with Crippen molar-refractivity contribution in [3.63, 3.8) is 0 Å². The van der Waals surface area contributed by atoms with Crippen molar-refractivity contribution in [1.29, 1.82) is 0 Å². The third-order valence-corrected chi connectivity index (χ3v) is 4.49. The standard InChI is InChI=1S/C19H19ClF3N5O.ClH/c20-14-6-8-15(9-7-14)29-11-1-10-28-16(26-17(24)27-18(28)25)12-2-4-13(5-3-12)19(21,22)23;/h2-9,16H,1,10-11H2,(H4,24,25,26,27);1H. The summed E-state index contributed by atoms with van der Waals surface area (Å²) in [6.07, 6.45) is -4.50. The lowest BCUT2D eigenvalue weighted by molar-refractivity contribution is -0.137. The quantitative estimate of drug-likeness (QED) is 0.630. The van der Waals surface area contributed by atoms with Crippen molar-refractivity contribution in [1.82, 2.24) is 4.90 Å². The Kier molecular flexibility index (Phi) is 7.80. The Labute approximate surface area is 182 Å². The molecular weight excluding hydrogens is 442 g/mol. The third kappa shape index (κ3) is 5.93. The summed E-state index contributed by atoms with van der Waals surface area (Å²) in [5, 5.41) is 0.615. The van der Waals surface area contributed by atoms with Crippen molar-refractivity contribution in [3.05, 3.63) is 64.7 Å². The molecule has 1 aliphatic heterocycles. The van der Waals surface area contributed by atoms with Crippen LogP contribution in [0.4, 0.5) is 13.2 Å². The monoisotopic (exact) mass is 461 g/mol. The number of ether oxygens (including phenoxy) is 1. The Balaban J connectivity index is 0.00000320. The summed E-state index contributed by atoms with van der Waals surface area (Å²) in [4.78, 5) is 9.87. The van der Waals surface area contributed by atoms with Crippen LogP contribution in [-0.2, 0) is 6.18 Å². The number of aliphatic imine (C=N–C) groups is 2. The average molecular weight is 462 g/mol. The van der Waals surface area contributed by atoms with Crippen LogP contribution in [0, 0.1) is 0 Å². The summed E-state index contributed by atoms with van der Waals surface area (Å²) in [5.41, 5.74) is 11.5. The number of rotatable bonds is 6. The summed E-state index contributed by atoms with van der Waals surface area (Å²) in [7, 11) is 0. The van der Waals surface area contributed by atoms with Gasteiger partial charge in [-0.05, 0) is 48.4 Å². The minimum absolute atomic E-state index is 0. The Hall–Kier alpha value is -2.65. The van der Waals surface area contributed by atoms with Crippen molar-refractivity contribution in [2.24, 2.45) is 21.5 Å². The van der Waals surface area contributed by atoms with E-state index in [0.717, 1.165) is 12.1 Å². The summed E-state index contributed by atoms with van der Waals surface area (Å²) in [6.45, 7) is 0.815. The van der Waals surface area contributed by atoms with Gasteiger partial charge in [0.15, 0.2) is 6.17 Å². The zero-order valence-corrected chi connectivity index (χ0v) is 17.2. The average Bonchev–Trinajstić information content (AvgIpc) is 2.67. The van der Waals surface area contributed by atoms with Crippen molar-refractivity contribution in [3.8, 4) is 5.75 Å². The van der Waals surface area contributed by atoms with Gasteiger partial charge in [-0.3, -0.25) is 0 Å². The molecule has 3 rings (SSSR count). The second kappa shape index (κ2) is 9.90. The molecule has 0 spiro atoms. The zero-order valence-electron chi connectivity index (χ0n) is 15.6. The lowest BCUT2D eigenvalue weighted by Crippen LogP contribution is -2.44. The summed E-state index contributed by atoms with van der Waals surface area (Å²) in [6, 6.07) is 11.7. The van der Waals surface area contributed by atoms with Crippen molar-refractivity contribution >= 4 is 35.9 Å². The molecule has 30 heavy (non-hydrogen) atoms. The van der Waals surface area contributed by atoms with Gasteiger partial charge in [-0.2, -0.15) is 18.2 Å². The number of hydrogen-bond acceptors (Lipinski definition) is 6. The first-order valence-electron chi connectivity index (χ1n) is 8.73. The predicted octanol–water partition coefficient (Wildman–Crippen LogP) is 4.19. The van der Waals surface area contributed by atoms with Crippen LogP contribution in [0.2, 0.25) is 5.02 Å². The fourth-order valence-electron chi connectivity index (χ4n) is 2.82. The van der Waals surface area contributed by atoms with E-state index in [1.165, 1.54) is 12.1 Å². The number of nitrogens with two attached hydrogens (primary N) is 2. The number of benzene rings is 2. The highest BCUT2D eigenvalue weighted by Crippen LogP contribution is 2.31. The molecule has 0 saturated carbocycles. The van der Waals surface area contributed by atoms with Crippen LogP contribution in [0.25, 0.3) is 0 Å². The first-order chi connectivity index (χ1) is 13.7. The molecular formula is C19H20Cl2F3N5O. The molecule has 162 valence electrons. The second-order valence-electron chi connectivity index (χ2n) is 6.30. The number of hydrogen-bond donors (Lipinski definition) is 2. The SMILES string of the molecule is Cl.NC1=NC(c2ccc(C(F)(F)F)cc2)N(CCCOc2ccc(Cl)cc2)C(N)=N1. The van der Waals surface area contributed by atoms with Crippen molar-refractivity contribution in [2.45, 2.75) is 18.8 Å².